The Morgan fingerprint density at radius 2 is 2.35 bits per heavy atom. The van der Waals surface area contributed by atoms with Gasteiger partial charge in [0.1, 0.15) is 5.69 Å². The van der Waals surface area contributed by atoms with E-state index in [0.717, 1.165) is 6.42 Å². The smallest absolute Gasteiger partial charge is 0.292 e. The van der Waals surface area contributed by atoms with E-state index in [4.69, 9.17) is 10.00 Å². The van der Waals surface area contributed by atoms with E-state index < -0.39 is 4.92 Å². The van der Waals surface area contributed by atoms with Crippen molar-refractivity contribution in [1.82, 2.24) is 0 Å². The summed E-state index contributed by atoms with van der Waals surface area (Å²) in [5, 5.41) is 22.4. The number of nitrogens with zero attached hydrogens (tertiary/aromatic N) is 2. The van der Waals surface area contributed by atoms with E-state index in [1.54, 1.807) is 7.11 Å². The molecule has 0 saturated carbocycles. The fourth-order valence-electron chi connectivity index (χ4n) is 1.35. The number of rotatable bonds is 6. The molecule has 0 amide bonds. The van der Waals surface area contributed by atoms with Gasteiger partial charge in [-0.05, 0) is 18.6 Å². The summed E-state index contributed by atoms with van der Waals surface area (Å²) in [5.41, 5.74) is 0.733. The van der Waals surface area contributed by atoms with Crippen molar-refractivity contribution in [2.75, 3.05) is 25.6 Å². The number of nitriles is 1. The summed E-state index contributed by atoms with van der Waals surface area (Å²) in [4.78, 5) is 10.3. The fourth-order valence-corrected chi connectivity index (χ4v) is 1.35. The van der Waals surface area contributed by atoms with E-state index in [0.29, 0.717) is 24.4 Å². The van der Waals surface area contributed by atoms with Crippen molar-refractivity contribution in [1.29, 1.82) is 5.26 Å². The van der Waals surface area contributed by atoms with Crippen LogP contribution in [0, 0.1) is 21.4 Å². The second kappa shape index (κ2) is 6.45. The second-order valence-corrected chi connectivity index (χ2v) is 3.37. The molecule has 1 aromatic carbocycles. The quantitative estimate of drug-likeness (QED) is 0.462. The first-order valence-electron chi connectivity index (χ1n) is 5.10. The minimum atomic E-state index is -0.472. The van der Waals surface area contributed by atoms with E-state index in [1.807, 2.05) is 6.07 Å². The van der Waals surface area contributed by atoms with Gasteiger partial charge in [-0.2, -0.15) is 5.26 Å². The van der Waals surface area contributed by atoms with Gasteiger partial charge in [0.2, 0.25) is 0 Å². The molecule has 0 unspecified atom stereocenters. The molecule has 0 heterocycles. The van der Waals surface area contributed by atoms with Gasteiger partial charge in [0.25, 0.3) is 5.69 Å². The Morgan fingerprint density at radius 3 is 2.94 bits per heavy atom. The van der Waals surface area contributed by atoms with Gasteiger partial charge >= 0.3 is 0 Å². The topological polar surface area (TPSA) is 88.2 Å². The number of nitro benzene ring substituents is 1. The van der Waals surface area contributed by atoms with Crippen LogP contribution in [0.4, 0.5) is 11.4 Å². The molecule has 1 N–H and O–H groups in total. The van der Waals surface area contributed by atoms with Gasteiger partial charge < -0.3 is 10.1 Å². The van der Waals surface area contributed by atoms with Crippen LogP contribution in [0.5, 0.6) is 0 Å². The summed E-state index contributed by atoms with van der Waals surface area (Å²) >= 11 is 0. The number of methoxy groups -OCH3 is 1. The molecule has 0 aliphatic rings. The molecule has 0 spiro atoms. The van der Waals surface area contributed by atoms with Crippen LogP contribution in [-0.2, 0) is 4.74 Å². The maximum absolute atomic E-state index is 10.8. The van der Waals surface area contributed by atoms with Crippen LogP contribution in [0.3, 0.4) is 0 Å². The molecule has 90 valence electrons. The highest BCUT2D eigenvalue weighted by Crippen LogP contribution is 2.25. The van der Waals surface area contributed by atoms with Crippen molar-refractivity contribution in [2.24, 2.45) is 0 Å². The van der Waals surface area contributed by atoms with E-state index in [9.17, 15) is 10.1 Å². The SMILES string of the molecule is COCCCNc1cc(C#N)ccc1[N+](=O)[O-]. The number of anilines is 1. The van der Waals surface area contributed by atoms with Gasteiger partial charge in [-0.15, -0.1) is 0 Å². The third-order valence-electron chi connectivity index (χ3n) is 2.16. The summed E-state index contributed by atoms with van der Waals surface area (Å²) in [6.45, 7) is 1.14. The molecule has 6 heteroatoms. The molecular weight excluding hydrogens is 222 g/mol. The Hall–Kier alpha value is -2.13. The molecule has 0 radical (unpaired) electrons. The Morgan fingerprint density at radius 1 is 1.59 bits per heavy atom. The van der Waals surface area contributed by atoms with Crippen molar-refractivity contribution in [3.63, 3.8) is 0 Å². The van der Waals surface area contributed by atoms with Crippen LogP contribution < -0.4 is 5.32 Å². The summed E-state index contributed by atoms with van der Waals surface area (Å²) in [6.07, 6.45) is 0.741. The van der Waals surface area contributed by atoms with Crippen molar-refractivity contribution in [3.8, 4) is 6.07 Å². The van der Waals surface area contributed by atoms with E-state index in [1.165, 1.54) is 18.2 Å². The average molecular weight is 235 g/mol. The van der Waals surface area contributed by atoms with Gasteiger partial charge in [0, 0.05) is 26.3 Å². The zero-order valence-corrected chi connectivity index (χ0v) is 9.47. The van der Waals surface area contributed by atoms with Crippen molar-refractivity contribution < 1.29 is 9.66 Å². The number of hydrogen-bond donors (Lipinski definition) is 1. The number of nitrogens with one attached hydrogen (secondary N) is 1. The lowest BCUT2D eigenvalue weighted by molar-refractivity contribution is -0.384. The predicted octanol–water partition coefficient (Wildman–Crippen LogP) is 1.91. The standard InChI is InChI=1S/C11H13N3O3/c1-17-6-2-5-13-10-7-9(8-12)3-4-11(10)14(15)16/h3-4,7,13H,2,5-6H2,1H3. The van der Waals surface area contributed by atoms with Gasteiger partial charge in [0.15, 0.2) is 0 Å². The maximum atomic E-state index is 10.8. The first-order chi connectivity index (χ1) is 8.19. The minimum Gasteiger partial charge on any atom is -0.385 e. The Bertz CT molecular complexity index is 440. The summed E-state index contributed by atoms with van der Waals surface area (Å²) < 4.78 is 4.88. The lowest BCUT2D eigenvalue weighted by Crippen LogP contribution is -2.06. The third kappa shape index (κ3) is 3.74. The Balaban J connectivity index is 2.79. The monoisotopic (exact) mass is 235 g/mol. The molecule has 0 saturated heterocycles. The predicted molar refractivity (Wildman–Crippen MR) is 62.8 cm³/mol. The molecule has 0 aliphatic carbocycles. The number of ether oxygens (including phenoxy) is 1. The van der Waals surface area contributed by atoms with Crippen LogP contribution >= 0.6 is 0 Å². The van der Waals surface area contributed by atoms with Crippen molar-refractivity contribution in [2.45, 2.75) is 6.42 Å². The highest BCUT2D eigenvalue weighted by molar-refractivity contribution is 5.64. The van der Waals surface area contributed by atoms with Gasteiger partial charge in [0.05, 0.1) is 16.6 Å². The molecule has 0 bridgehead atoms. The molecule has 1 rings (SSSR count). The average Bonchev–Trinajstić information content (AvgIpc) is 2.34. The Kier molecular flexibility index (Phi) is 4.91. The number of benzene rings is 1. The molecule has 17 heavy (non-hydrogen) atoms. The van der Waals surface area contributed by atoms with Crippen molar-refractivity contribution in [3.05, 3.63) is 33.9 Å². The summed E-state index contributed by atoms with van der Waals surface area (Å²) in [5.74, 6) is 0. The number of hydrogen-bond acceptors (Lipinski definition) is 5. The first kappa shape index (κ1) is 12.9. The van der Waals surface area contributed by atoms with Crippen LogP contribution in [-0.4, -0.2) is 25.2 Å². The van der Waals surface area contributed by atoms with E-state index >= 15 is 0 Å². The minimum absolute atomic E-state index is 0.0265. The van der Waals surface area contributed by atoms with Crippen LogP contribution in [0.1, 0.15) is 12.0 Å². The second-order valence-electron chi connectivity index (χ2n) is 3.37. The molecule has 6 nitrogen and oxygen atoms in total. The van der Waals surface area contributed by atoms with Gasteiger partial charge in [-0.3, -0.25) is 10.1 Å². The first-order valence-corrected chi connectivity index (χ1v) is 5.10. The number of nitro groups is 1. The molecule has 0 atom stereocenters. The molecule has 0 aromatic heterocycles. The third-order valence-corrected chi connectivity index (χ3v) is 2.16. The molecule has 0 aliphatic heterocycles. The van der Waals surface area contributed by atoms with Crippen LogP contribution in [0.15, 0.2) is 18.2 Å². The van der Waals surface area contributed by atoms with E-state index in [-0.39, 0.29) is 5.69 Å². The van der Waals surface area contributed by atoms with Crippen LogP contribution in [0.25, 0.3) is 0 Å². The fraction of sp³-hybridized carbons (Fsp3) is 0.364. The van der Waals surface area contributed by atoms with Crippen LogP contribution in [0.2, 0.25) is 0 Å². The Labute approximate surface area is 99.0 Å². The maximum Gasteiger partial charge on any atom is 0.292 e. The van der Waals surface area contributed by atoms with E-state index in [2.05, 4.69) is 5.32 Å². The van der Waals surface area contributed by atoms with Crippen molar-refractivity contribution >= 4 is 11.4 Å². The zero-order valence-electron chi connectivity index (χ0n) is 9.47. The lowest BCUT2D eigenvalue weighted by Gasteiger charge is -2.06. The van der Waals surface area contributed by atoms with Gasteiger partial charge in [-0.25, -0.2) is 0 Å². The highest BCUT2D eigenvalue weighted by Gasteiger charge is 2.13. The zero-order chi connectivity index (χ0) is 12.7. The molecule has 0 fully saturated rings. The summed E-state index contributed by atoms with van der Waals surface area (Å²) in [6, 6.07) is 6.18. The highest BCUT2D eigenvalue weighted by atomic mass is 16.6. The lowest BCUT2D eigenvalue weighted by atomic mass is 10.2. The summed E-state index contributed by atoms with van der Waals surface area (Å²) in [7, 11) is 1.60. The molecule has 1 aromatic rings. The normalized spacial score (nSPS) is 9.65. The van der Waals surface area contributed by atoms with Gasteiger partial charge in [-0.1, -0.05) is 0 Å². The largest absolute Gasteiger partial charge is 0.385 e. The molecular formula is C11H13N3O3.